The second-order valence-corrected chi connectivity index (χ2v) is 17.0. The van der Waals surface area contributed by atoms with Crippen molar-refractivity contribution in [1.29, 1.82) is 0 Å². The number of pyridine rings is 1. The van der Waals surface area contributed by atoms with E-state index in [2.05, 4.69) is 35.3 Å². The zero-order valence-corrected chi connectivity index (χ0v) is 25.5. The average Bonchev–Trinajstić information content (AvgIpc) is 3.40. The Morgan fingerprint density at radius 3 is 2.54 bits per heavy atom. The van der Waals surface area contributed by atoms with Crippen molar-refractivity contribution < 1.29 is 14.3 Å². The molecule has 3 aromatic heterocycles. The molecule has 39 heavy (non-hydrogen) atoms. The van der Waals surface area contributed by atoms with Crippen LogP contribution < -0.4 is 5.32 Å². The number of ether oxygens (including phenoxy) is 2. The van der Waals surface area contributed by atoms with Gasteiger partial charge in [0.25, 0.3) is 0 Å². The van der Waals surface area contributed by atoms with Crippen LogP contribution in [0.4, 0.5) is 5.82 Å². The lowest BCUT2D eigenvalue weighted by atomic mass is 9.99. The summed E-state index contributed by atoms with van der Waals surface area (Å²) >= 11 is 6.25. The van der Waals surface area contributed by atoms with Crippen LogP contribution in [0.25, 0.3) is 11.2 Å². The molecule has 0 saturated heterocycles. The summed E-state index contributed by atoms with van der Waals surface area (Å²) in [4.78, 5) is 18.1. The molecule has 0 aliphatic rings. The minimum atomic E-state index is -1.25. The fraction of sp³-hybridized carbons (Fsp3) is 0.429. The molecular formula is C28H37ClN6O3Si. The number of aromatic nitrogens is 5. The average molecular weight is 569 g/mol. The van der Waals surface area contributed by atoms with E-state index in [1.807, 2.05) is 68.9 Å². The Hall–Kier alpha value is -3.21. The molecule has 11 heteroatoms. The number of nitrogens with one attached hydrogen (secondary N) is 1. The number of halogens is 1. The molecule has 0 amide bonds. The van der Waals surface area contributed by atoms with Crippen molar-refractivity contribution in [2.24, 2.45) is 7.05 Å². The fourth-order valence-electron chi connectivity index (χ4n) is 4.48. The number of hydrogen-bond donors (Lipinski definition) is 1. The summed E-state index contributed by atoms with van der Waals surface area (Å²) < 4.78 is 15.3. The van der Waals surface area contributed by atoms with E-state index in [4.69, 9.17) is 26.1 Å². The van der Waals surface area contributed by atoms with E-state index >= 15 is 0 Å². The minimum absolute atomic E-state index is 0.277. The normalized spacial score (nSPS) is 12.6. The van der Waals surface area contributed by atoms with E-state index in [9.17, 15) is 4.79 Å². The van der Waals surface area contributed by atoms with Crippen molar-refractivity contribution >= 4 is 42.6 Å². The molecule has 4 aromatic rings. The van der Waals surface area contributed by atoms with Crippen molar-refractivity contribution in [3.8, 4) is 0 Å². The SMILES string of the molecule is CCOC(=O)c1c(C)cn(COCC[Si](C)(C)C)c1C(Nc1cc(C)c2nnn(C)c2n1)c1ccc(Cl)cc1. The van der Waals surface area contributed by atoms with Gasteiger partial charge in [-0.2, -0.15) is 0 Å². The van der Waals surface area contributed by atoms with E-state index < -0.39 is 14.1 Å². The molecule has 1 atom stereocenters. The molecule has 1 aromatic carbocycles. The zero-order valence-electron chi connectivity index (χ0n) is 23.7. The number of fused-ring (bicyclic) bond motifs is 1. The molecular weight excluding hydrogens is 532 g/mol. The largest absolute Gasteiger partial charge is 0.462 e. The van der Waals surface area contributed by atoms with Gasteiger partial charge in [-0.3, -0.25) is 0 Å². The van der Waals surface area contributed by atoms with Crippen LogP contribution in [0.2, 0.25) is 30.7 Å². The van der Waals surface area contributed by atoms with Crippen molar-refractivity contribution in [3.63, 3.8) is 0 Å². The van der Waals surface area contributed by atoms with Crippen molar-refractivity contribution in [1.82, 2.24) is 24.5 Å². The maximum absolute atomic E-state index is 13.3. The molecule has 9 nitrogen and oxygen atoms in total. The second kappa shape index (κ2) is 11.9. The van der Waals surface area contributed by atoms with Crippen molar-refractivity contribution in [2.45, 2.75) is 59.2 Å². The highest BCUT2D eigenvalue weighted by Gasteiger charge is 2.29. The summed E-state index contributed by atoms with van der Waals surface area (Å²) in [6.07, 6.45) is 1.95. The maximum atomic E-state index is 13.3. The lowest BCUT2D eigenvalue weighted by molar-refractivity contribution is 0.0521. The van der Waals surface area contributed by atoms with Gasteiger partial charge in [0.1, 0.15) is 18.1 Å². The number of rotatable bonds is 11. The molecule has 0 saturated carbocycles. The summed E-state index contributed by atoms with van der Waals surface area (Å²) in [5.74, 6) is 0.257. The van der Waals surface area contributed by atoms with E-state index in [-0.39, 0.29) is 12.6 Å². The monoisotopic (exact) mass is 568 g/mol. The van der Waals surface area contributed by atoms with Crippen LogP contribution in [0, 0.1) is 13.8 Å². The Balaban J connectivity index is 1.82. The Morgan fingerprint density at radius 2 is 1.87 bits per heavy atom. The third kappa shape index (κ3) is 6.69. The highest BCUT2D eigenvalue weighted by atomic mass is 35.5. The molecule has 0 aliphatic heterocycles. The van der Waals surface area contributed by atoms with Crippen LogP contribution in [0.15, 0.2) is 36.5 Å². The standard InChI is InChI=1S/C28H37ClN6O3Si/c1-8-38-28(36)23-19(3)16-35(17-37-13-14-39(5,6)7)26(23)25(20-9-11-21(29)12-10-20)30-22-15-18(2)24-27(31-22)34(4)33-32-24/h9-12,15-16,25H,8,13-14,17H2,1-7H3,(H,30,31). The minimum Gasteiger partial charge on any atom is -0.462 e. The topological polar surface area (TPSA) is 96.1 Å². The summed E-state index contributed by atoms with van der Waals surface area (Å²) in [6.45, 7) is 13.9. The number of hydrogen-bond acceptors (Lipinski definition) is 7. The van der Waals surface area contributed by atoms with Gasteiger partial charge >= 0.3 is 5.97 Å². The highest BCUT2D eigenvalue weighted by Crippen LogP contribution is 2.34. The molecule has 1 N–H and O–H groups in total. The first-order chi connectivity index (χ1) is 18.5. The Labute approximate surface area is 235 Å². The number of benzene rings is 1. The molecule has 3 heterocycles. The molecule has 0 aliphatic carbocycles. The van der Waals surface area contributed by atoms with Crippen LogP contribution in [0.1, 0.15) is 45.7 Å². The van der Waals surface area contributed by atoms with Gasteiger partial charge in [0, 0.05) is 32.9 Å². The molecule has 0 fully saturated rings. The molecule has 4 rings (SSSR count). The summed E-state index contributed by atoms with van der Waals surface area (Å²) in [6, 6.07) is 10.1. The van der Waals surface area contributed by atoms with Gasteiger partial charge in [0.05, 0.1) is 23.9 Å². The third-order valence-electron chi connectivity index (χ3n) is 6.54. The van der Waals surface area contributed by atoms with E-state index in [1.165, 1.54) is 0 Å². The predicted octanol–water partition coefficient (Wildman–Crippen LogP) is 6.13. The quantitative estimate of drug-likeness (QED) is 0.132. The zero-order chi connectivity index (χ0) is 28.3. The number of aryl methyl sites for hydroxylation is 3. The summed E-state index contributed by atoms with van der Waals surface area (Å²) in [7, 11) is 0.558. The Bertz CT molecular complexity index is 1460. The fourth-order valence-corrected chi connectivity index (χ4v) is 5.36. The van der Waals surface area contributed by atoms with E-state index in [1.54, 1.807) is 4.68 Å². The number of anilines is 1. The van der Waals surface area contributed by atoms with Gasteiger partial charge in [-0.05, 0) is 61.7 Å². The van der Waals surface area contributed by atoms with Gasteiger partial charge in [0.2, 0.25) is 0 Å². The molecule has 0 spiro atoms. The molecule has 208 valence electrons. The number of nitrogens with zero attached hydrogens (tertiary/aromatic N) is 5. The van der Waals surface area contributed by atoms with Crippen LogP contribution in [-0.4, -0.2) is 51.8 Å². The Morgan fingerprint density at radius 1 is 1.15 bits per heavy atom. The smallest absolute Gasteiger partial charge is 0.340 e. The molecule has 1 unspecified atom stereocenters. The summed E-state index contributed by atoms with van der Waals surface area (Å²) in [5, 5.41) is 12.6. The third-order valence-corrected chi connectivity index (χ3v) is 8.49. The Kier molecular flexibility index (Phi) is 8.78. The van der Waals surface area contributed by atoms with Gasteiger partial charge in [-0.25, -0.2) is 14.5 Å². The van der Waals surface area contributed by atoms with E-state index in [0.29, 0.717) is 35.4 Å². The number of carbonyl (C=O) groups excluding carboxylic acids is 1. The van der Waals surface area contributed by atoms with Crippen molar-refractivity contribution in [2.75, 3.05) is 18.5 Å². The number of esters is 1. The maximum Gasteiger partial charge on any atom is 0.340 e. The van der Waals surface area contributed by atoms with Gasteiger partial charge in [-0.15, -0.1) is 5.10 Å². The van der Waals surface area contributed by atoms with Gasteiger partial charge < -0.3 is 19.4 Å². The van der Waals surface area contributed by atoms with Crippen LogP contribution in [-0.2, 0) is 23.3 Å². The first-order valence-electron chi connectivity index (χ1n) is 13.1. The second-order valence-electron chi connectivity index (χ2n) is 10.9. The molecule has 0 radical (unpaired) electrons. The summed E-state index contributed by atoms with van der Waals surface area (Å²) in [5.41, 5.74) is 5.33. The number of carbonyl (C=O) groups is 1. The lowest BCUT2D eigenvalue weighted by Crippen LogP contribution is -2.24. The first kappa shape index (κ1) is 28.8. The first-order valence-corrected chi connectivity index (χ1v) is 17.2. The van der Waals surface area contributed by atoms with E-state index in [0.717, 1.165) is 33.9 Å². The van der Waals surface area contributed by atoms with Gasteiger partial charge in [0.15, 0.2) is 5.65 Å². The molecule has 0 bridgehead atoms. The highest BCUT2D eigenvalue weighted by molar-refractivity contribution is 6.76. The lowest BCUT2D eigenvalue weighted by Gasteiger charge is -2.24. The predicted molar refractivity (Wildman–Crippen MR) is 157 cm³/mol. The van der Waals surface area contributed by atoms with Crippen LogP contribution >= 0.6 is 11.6 Å². The van der Waals surface area contributed by atoms with Crippen LogP contribution in [0.3, 0.4) is 0 Å². The van der Waals surface area contributed by atoms with Crippen LogP contribution in [0.5, 0.6) is 0 Å². The van der Waals surface area contributed by atoms with Gasteiger partial charge in [-0.1, -0.05) is 48.6 Å². The van der Waals surface area contributed by atoms with Crippen molar-refractivity contribution in [3.05, 3.63) is 69.5 Å².